The maximum Gasteiger partial charge on any atom is 0.307 e. The van der Waals surface area contributed by atoms with E-state index in [0.717, 1.165) is 11.3 Å². The number of nitrogens with zero attached hydrogens (tertiary/aromatic N) is 2. The molecule has 1 aliphatic carbocycles. The lowest BCUT2D eigenvalue weighted by atomic mass is 10.1. The number of thiazole rings is 1. The van der Waals surface area contributed by atoms with E-state index in [9.17, 15) is 9.59 Å². The van der Waals surface area contributed by atoms with Crippen molar-refractivity contribution in [1.29, 1.82) is 0 Å². The molecule has 0 N–H and O–H groups in total. The minimum Gasteiger partial charge on any atom is -0.335 e. The highest BCUT2D eigenvalue weighted by Gasteiger charge is 2.34. The first kappa shape index (κ1) is 17.0. The molecule has 0 spiro atoms. The number of aromatic nitrogens is 1. The summed E-state index contributed by atoms with van der Waals surface area (Å²) in [6.45, 7) is 5.18. The molecule has 1 saturated carbocycles. The van der Waals surface area contributed by atoms with Gasteiger partial charge in [-0.15, -0.1) is 0 Å². The van der Waals surface area contributed by atoms with E-state index in [-0.39, 0.29) is 16.8 Å². The zero-order valence-electron chi connectivity index (χ0n) is 14.3. The van der Waals surface area contributed by atoms with E-state index in [2.05, 4.69) is 19.1 Å². The van der Waals surface area contributed by atoms with Crippen LogP contribution in [0.4, 0.5) is 0 Å². The minimum atomic E-state index is 0.0187. The molecule has 0 aliphatic heterocycles. The Morgan fingerprint density at radius 3 is 2.62 bits per heavy atom. The van der Waals surface area contributed by atoms with Gasteiger partial charge in [-0.25, -0.2) is 0 Å². The van der Waals surface area contributed by atoms with Crippen LogP contribution in [-0.2, 0) is 17.9 Å². The van der Waals surface area contributed by atoms with E-state index in [1.807, 2.05) is 35.4 Å². The van der Waals surface area contributed by atoms with Gasteiger partial charge in [-0.3, -0.25) is 9.59 Å². The van der Waals surface area contributed by atoms with Crippen LogP contribution in [-0.4, -0.2) is 21.4 Å². The molecule has 1 heterocycles. The standard InChI is InChI=1S/C19H24N2O2S/c1-14-13-24-19(23)20(14)11-10-18(22)21(15(2)17-8-9-17)12-16-6-4-3-5-7-16/h3-7,13,15,17H,8-12H2,1-2H3. The fourth-order valence-electron chi connectivity index (χ4n) is 3.10. The third-order valence-electron chi connectivity index (χ3n) is 4.84. The van der Waals surface area contributed by atoms with Crippen molar-refractivity contribution in [3.8, 4) is 0 Å². The lowest BCUT2D eigenvalue weighted by Crippen LogP contribution is -2.40. The van der Waals surface area contributed by atoms with Crippen LogP contribution in [0.15, 0.2) is 40.5 Å². The summed E-state index contributed by atoms with van der Waals surface area (Å²) in [5.41, 5.74) is 2.09. The maximum absolute atomic E-state index is 12.9. The molecule has 0 radical (unpaired) electrons. The van der Waals surface area contributed by atoms with Crippen LogP contribution in [0.1, 0.15) is 37.4 Å². The summed E-state index contributed by atoms with van der Waals surface area (Å²) in [4.78, 5) is 26.7. The van der Waals surface area contributed by atoms with Gasteiger partial charge in [0.25, 0.3) is 0 Å². The summed E-state index contributed by atoms with van der Waals surface area (Å²) < 4.78 is 1.70. The summed E-state index contributed by atoms with van der Waals surface area (Å²) in [6, 6.07) is 10.4. The second-order valence-corrected chi connectivity index (χ2v) is 7.45. The first-order valence-electron chi connectivity index (χ1n) is 8.54. The third kappa shape index (κ3) is 3.96. The topological polar surface area (TPSA) is 42.3 Å². The van der Waals surface area contributed by atoms with Crippen molar-refractivity contribution < 1.29 is 4.79 Å². The normalized spacial score (nSPS) is 15.2. The lowest BCUT2D eigenvalue weighted by molar-refractivity contribution is -0.134. The summed E-state index contributed by atoms with van der Waals surface area (Å²) in [6.07, 6.45) is 2.80. The van der Waals surface area contributed by atoms with Crippen molar-refractivity contribution >= 4 is 17.2 Å². The van der Waals surface area contributed by atoms with Gasteiger partial charge in [0.05, 0.1) is 0 Å². The van der Waals surface area contributed by atoms with Crippen molar-refractivity contribution in [3.63, 3.8) is 0 Å². The Morgan fingerprint density at radius 1 is 1.33 bits per heavy atom. The molecule has 1 atom stereocenters. The van der Waals surface area contributed by atoms with Crippen molar-refractivity contribution in [2.75, 3.05) is 0 Å². The maximum atomic E-state index is 12.9. The zero-order chi connectivity index (χ0) is 17.1. The summed E-state index contributed by atoms with van der Waals surface area (Å²) in [7, 11) is 0. The average Bonchev–Trinajstić information content (AvgIpc) is 3.38. The van der Waals surface area contributed by atoms with E-state index >= 15 is 0 Å². The monoisotopic (exact) mass is 344 g/mol. The predicted octanol–water partition coefficient (Wildman–Crippen LogP) is 3.44. The SMILES string of the molecule is Cc1csc(=O)n1CCC(=O)N(Cc1ccccc1)C(C)C1CC1. The Bertz CT molecular complexity index is 746. The molecule has 2 aromatic rings. The van der Waals surface area contributed by atoms with Gasteiger partial charge < -0.3 is 9.47 Å². The van der Waals surface area contributed by atoms with Crippen LogP contribution in [0.5, 0.6) is 0 Å². The van der Waals surface area contributed by atoms with Gasteiger partial charge in [0.1, 0.15) is 0 Å². The number of carbonyl (C=O) groups excluding carboxylic acids is 1. The van der Waals surface area contributed by atoms with Crippen molar-refractivity contribution in [2.24, 2.45) is 5.92 Å². The number of aryl methyl sites for hydroxylation is 1. The van der Waals surface area contributed by atoms with E-state index in [1.54, 1.807) is 4.57 Å². The predicted molar refractivity (Wildman–Crippen MR) is 97.1 cm³/mol. The van der Waals surface area contributed by atoms with Crippen molar-refractivity contribution in [1.82, 2.24) is 9.47 Å². The Morgan fingerprint density at radius 2 is 2.04 bits per heavy atom. The second-order valence-electron chi connectivity index (χ2n) is 6.63. The molecule has 0 saturated heterocycles. The molecule has 1 aliphatic rings. The molecule has 128 valence electrons. The van der Waals surface area contributed by atoms with Gasteiger partial charge in [-0.1, -0.05) is 41.7 Å². The first-order valence-corrected chi connectivity index (χ1v) is 9.42. The van der Waals surface area contributed by atoms with Gasteiger partial charge in [0, 0.05) is 36.6 Å². The van der Waals surface area contributed by atoms with Crippen molar-refractivity contribution in [2.45, 2.75) is 52.2 Å². The highest BCUT2D eigenvalue weighted by atomic mass is 32.1. The van der Waals surface area contributed by atoms with Crippen LogP contribution >= 0.6 is 11.3 Å². The second kappa shape index (κ2) is 7.34. The van der Waals surface area contributed by atoms with Gasteiger partial charge in [-0.05, 0) is 38.2 Å². The van der Waals surface area contributed by atoms with E-state index in [0.29, 0.717) is 25.4 Å². The number of rotatable bonds is 7. The van der Waals surface area contributed by atoms with Gasteiger partial charge >= 0.3 is 4.87 Å². The number of amides is 1. The minimum absolute atomic E-state index is 0.0187. The number of carbonyl (C=O) groups is 1. The molecule has 0 bridgehead atoms. The molecule has 1 aromatic carbocycles. The lowest BCUT2D eigenvalue weighted by Gasteiger charge is -2.30. The largest absolute Gasteiger partial charge is 0.335 e. The van der Waals surface area contributed by atoms with Gasteiger partial charge in [0.2, 0.25) is 5.91 Å². The molecule has 4 nitrogen and oxygen atoms in total. The number of hydrogen-bond acceptors (Lipinski definition) is 3. The Balaban J connectivity index is 1.69. The Labute approximate surface area is 146 Å². The fraction of sp³-hybridized carbons (Fsp3) is 0.474. The smallest absolute Gasteiger partial charge is 0.307 e. The van der Waals surface area contributed by atoms with E-state index in [4.69, 9.17) is 0 Å². The van der Waals surface area contributed by atoms with Crippen LogP contribution in [0.2, 0.25) is 0 Å². The van der Waals surface area contributed by atoms with Crippen LogP contribution in [0, 0.1) is 12.8 Å². The highest BCUT2D eigenvalue weighted by Crippen LogP contribution is 2.36. The molecule has 24 heavy (non-hydrogen) atoms. The fourth-order valence-corrected chi connectivity index (χ4v) is 3.86. The molecular weight excluding hydrogens is 320 g/mol. The van der Waals surface area contributed by atoms with E-state index < -0.39 is 0 Å². The quantitative estimate of drug-likeness (QED) is 0.772. The molecule has 5 heteroatoms. The summed E-state index contributed by atoms with van der Waals surface area (Å²) >= 11 is 1.20. The molecule has 1 amide bonds. The molecule has 1 unspecified atom stereocenters. The Kier molecular flexibility index (Phi) is 5.19. The summed E-state index contributed by atoms with van der Waals surface area (Å²) in [5, 5.41) is 1.85. The van der Waals surface area contributed by atoms with Crippen LogP contribution in [0.3, 0.4) is 0 Å². The van der Waals surface area contributed by atoms with Gasteiger partial charge in [-0.2, -0.15) is 0 Å². The van der Waals surface area contributed by atoms with E-state index in [1.165, 1.54) is 24.2 Å². The zero-order valence-corrected chi connectivity index (χ0v) is 15.1. The molecule has 1 aromatic heterocycles. The summed E-state index contributed by atoms with van der Waals surface area (Å²) in [5.74, 6) is 0.763. The average molecular weight is 344 g/mol. The first-order chi connectivity index (χ1) is 11.6. The Hall–Kier alpha value is -1.88. The van der Waals surface area contributed by atoms with Crippen molar-refractivity contribution in [3.05, 3.63) is 56.6 Å². The highest BCUT2D eigenvalue weighted by molar-refractivity contribution is 7.07. The van der Waals surface area contributed by atoms with Crippen LogP contribution in [0.25, 0.3) is 0 Å². The molecule has 1 fully saturated rings. The number of benzene rings is 1. The van der Waals surface area contributed by atoms with Crippen LogP contribution < -0.4 is 4.87 Å². The molecular formula is C19H24N2O2S. The molecule has 3 rings (SSSR count). The third-order valence-corrected chi connectivity index (χ3v) is 5.72. The number of hydrogen-bond donors (Lipinski definition) is 0. The van der Waals surface area contributed by atoms with Gasteiger partial charge in [0.15, 0.2) is 0 Å².